The summed E-state index contributed by atoms with van der Waals surface area (Å²) in [6.07, 6.45) is 4.98. The number of halogens is 2. The molecular weight excluding hydrogens is 619 g/mol. The molecule has 2 aliphatic carbocycles. The maximum atomic E-state index is 2.50. The maximum Gasteiger partial charge on any atom is -1.00 e. The molecule has 41 heavy (non-hydrogen) atoms. The summed E-state index contributed by atoms with van der Waals surface area (Å²) in [4.78, 5) is 0. The van der Waals surface area contributed by atoms with Crippen LogP contribution in [0.25, 0.3) is 14.4 Å². The molecular formula is C38H35Cl2Zr. The minimum Gasteiger partial charge on any atom is -1.00 e. The first-order chi connectivity index (χ1) is 18.6. The number of allylic oxidation sites excluding steroid dienone is 4. The molecule has 0 bridgehead atoms. The van der Waals surface area contributed by atoms with Crippen molar-refractivity contribution in [3.63, 3.8) is 0 Å². The van der Waals surface area contributed by atoms with Crippen LogP contribution in [0.1, 0.15) is 61.1 Å². The molecule has 0 spiro atoms. The number of hydrogen-bond acceptors (Lipinski definition) is 0. The van der Waals surface area contributed by atoms with Crippen LogP contribution in [0.15, 0.2) is 103 Å². The van der Waals surface area contributed by atoms with Gasteiger partial charge in [0.15, 0.2) is 0 Å². The molecule has 205 valence electrons. The number of fused-ring (bicyclic) bond motifs is 2. The zero-order valence-electron chi connectivity index (χ0n) is 24.6. The monoisotopic (exact) mass is 651 g/mol. The summed E-state index contributed by atoms with van der Waals surface area (Å²) in [6.45, 7) is 13.7. The van der Waals surface area contributed by atoms with E-state index in [2.05, 4.69) is 139 Å². The van der Waals surface area contributed by atoms with Crippen LogP contribution in [0.4, 0.5) is 0 Å². The van der Waals surface area contributed by atoms with E-state index in [1.54, 1.807) is 0 Å². The van der Waals surface area contributed by atoms with E-state index >= 15 is 0 Å². The topological polar surface area (TPSA) is 0 Å². The van der Waals surface area contributed by atoms with Crippen molar-refractivity contribution < 1.29 is 49.5 Å². The second-order valence-electron chi connectivity index (χ2n) is 12.2. The van der Waals surface area contributed by atoms with Crippen LogP contribution in [0.2, 0.25) is 0 Å². The third-order valence-corrected chi connectivity index (χ3v) is 9.55. The molecule has 1 atom stereocenters. The van der Waals surface area contributed by atoms with Gasteiger partial charge in [-0.2, -0.15) is 0 Å². The Morgan fingerprint density at radius 2 is 1.20 bits per heavy atom. The van der Waals surface area contributed by atoms with Crippen molar-refractivity contribution in [1.82, 2.24) is 0 Å². The molecule has 0 nitrogen and oxygen atoms in total. The van der Waals surface area contributed by atoms with Gasteiger partial charge in [-0.25, -0.2) is 0 Å². The predicted octanol–water partition coefficient (Wildman–Crippen LogP) is 1.87. The van der Waals surface area contributed by atoms with E-state index in [9.17, 15) is 0 Å². The molecule has 4 aromatic carbocycles. The van der Waals surface area contributed by atoms with Gasteiger partial charge >= 0.3 is 249 Å². The van der Waals surface area contributed by atoms with E-state index in [0.717, 1.165) is 0 Å². The molecule has 0 radical (unpaired) electrons. The Labute approximate surface area is 272 Å². The molecule has 0 aromatic heterocycles. The first-order valence-corrected chi connectivity index (χ1v) is 15.2. The second-order valence-corrected chi connectivity index (χ2v) is 13.4. The van der Waals surface area contributed by atoms with Crippen molar-refractivity contribution in [3.8, 4) is 0 Å². The van der Waals surface area contributed by atoms with Crippen molar-refractivity contribution in [2.24, 2.45) is 11.3 Å². The summed E-state index contributed by atoms with van der Waals surface area (Å²) in [5.41, 5.74) is 12.2. The summed E-state index contributed by atoms with van der Waals surface area (Å²) < 4.78 is 1.47. The molecule has 0 heterocycles. The number of benzene rings is 4. The van der Waals surface area contributed by atoms with E-state index in [1.807, 2.05) is 0 Å². The molecule has 2 aliphatic rings. The van der Waals surface area contributed by atoms with Crippen molar-refractivity contribution in [1.29, 1.82) is 0 Å². The molecule has 0 saturated heterocycles. The van der Waals surface area contributed by atoms with E-state index in [1.165, 1.54) is 99.0 Å². The van der Waals surface area contributed by atoms with Gasteiger partial charge in [0.2, 0.25) is 0 Å². The Hall–Kier alpha value is -2.44. The zero-order valence-corrected chi connectivity index (χ0v) is 28.5. The first kappa shape index (κ1) is 31.5. The molecule has 0 N–H and O–H groups in total. The van der Waals surface area contributed by atoms with Crippen LogP contribution in [0, 0.1) is 35.6 Å². The van der Waals surface area contributed by atoms with E-state index in [-0.39, 0.29) is 30.2 Å². The molecule has 4 aromatic rings. The molecule has 3 heteroatoms. The van der Waals surface area contributed by atoms with Gasteiger partial charge < -0.3 is 24.8 Å². The van der Waals surface area contributed by atoms with E-state index in [0.29, 0.717) is 5.92 Å². The predicted molar refractivity (Wildman–Crippen MR) is 161 cm³/mol. The average Bonchev–Trinajstić information content (AvgIpc) is 3.44. The third kappa shape index (κ3) is 5.67. The Bertz CT molecular complexity index is 1860. The van der Waals surface area contributed by atoms with Gasteiger partial charge in [0.1, 0.15) is 0 Å². The van der Waals surface area contributed by atoms with Crippen LogP contribution in [-0.2, 0) is 24.7 Å². The molecule has 1 unspecified atom stereocenters. The van der Waals surface area contributed by atoms with Crippen molar-refractivity contribution in [2.45, 2.75) is 41.5 Å². The molecule has 0 fully saturated rings. The standard InChI is InChI=1S/C38H35.2ClH.Zr/c1-24-11-15-27(16-12-24)36(28-17-13-25(2)14-18-28)33-20-19-32-31-10-8-7-9-29(31)22-35(32)37(33)34-23-30(21-26(34)3)38(4,5)6;;;/h7-21,23,26H,1-6H3;2*1H;/q;;;+2/p-2. The van der Waals surface area contributed by atoms with E-state index in [4.69, 9.17) is 0 Å². The maximum absolute atomic E-state index is 2.50. The number of aryl methyl sites for hydroxylation is 2. The zero-order chi connectivity index (χ0) is 27.5. The largest absolute Gasteiger partial charge is 1.00 e. The Morgan fingerprint density at radius 3 is 1.71 bits per heavy atom. The van der Waals surface area contributed by atoms with Gasteiger partial charge in [0.25, 0.3) is 0 Å². The van der Waals surface area contributed by atoms with Crippen LogP contribution in [0.5, 0.6) is 0 Å². The van der Waals surface area contributed by atoms with Crippen molar-refractivity contribution in [2.75, 3.05) is 0 Å². The molecule has 6 rings (SSSR count). The van der Waals surface area contributed by atoms with Crippen LogP contribution in [-0.4, -0.2) is 0 Å². The average molecular weight is 654 g/mol. The fourth-order valence-electron chi connectivity index (χ4n) is 6.06. The normalized spacial score (nSPS) is 15.3. The van der Waals surface area contributed by atoms with E-state index < -0.39 is 0 Å². The van der Waals surface area contributed by atoms with Crippen LogP contribution in [0.3, 0.4) is 0 Å². The summed E-state index contributed by atoms with van der Waals surface area (Å²) in [7, 11) is 0. The quantitative estimate of drug-likeness (QED) is 0.317. The summed E-state index contributed by atoms with van der Waals surface area (Å²) in [5.74, 6) is 0.356. The van der Waals surface area contributed by atoms with Crippen LogP contribution >= 0.6 is 0 Å². The third-order valence-electron chi connectivity index (χ3n) is 8.28. The van der Waals surface area contributed by atoms with Gasteiger partial charge in [0.05, 0.1) is 0 Å². The van der Waals surface area contributed by atoms with Gasteiger partial charge in [-0.3, -0.25) is 0 Å². The van der Waals surface area contributed by atoms with Gasteiger partial charge in [-0.1, -0.05) is 0 Å². The molecule has 0 amide bonds. The van der Waals surface area contributed by atoms with Crippen molar-refractivity contribution in [3.05, 3.63) is 157 Å². The summed E-state index contributed by atoms with van der Waals surface area (Å²) in [5, 5.41) is 5.47. The second kappa shape index (κ2) is 12.0. The number of hydrogen-bond donors (Lipinski definition) is 0. The van der Waals surface area contributed by atoms with Gasteiger partial charge in [-0.15, -0.1) is 0 Å². The fourth-order valence-corrected chi connectivity index (χ4v) is 7.23. The van der Waals surface area contributed by atoms with Crippen molar-refractivity contribution >= 4 is 14.4 Å². The van der Waals surface area contributed by atoms with Crippen LogP contribution < -0.4 is 35.3 Å². The minimum absolute atomic E-state index is 0. The van der Waals surface area contributed by atoms with Gasteiger partial charge in [-0.05, 0) is 0 Å². The molecule has 0 aliphatic heterocycles. The Balaban J connectivity index is 0.00000194. The fraction of sp³-hybridized carbons (Fsp3) is 0.211. The minimum atomic E-state index is 0. The first-order valence-electron chi connectivity index (χ1n) is 13.9. The SMILES string of the molecule is Cc1ccc(C(c2ccc(C)cc2)=c2ccc3c(c2C2=CC(C(C)(C)C)=CC2C)[C]([Zr+2])=c2ccccc2=3)cc1.[Cl-].[Cl-]. The summed E-state index contributed by atoms with van der Waals surface area (Å²) in [6, 6.07) is 31.9. The smallest absolute Gasteiger partial charge is 1.00 e. The Kier molecular flexibility index (Phi) is 9.25. The molecule has 0 saturated carbocycles. The number of rotatable bonds is 3. The van der Waals surface area contributed by atoms with Gasteiger partial charge in [0, 0.05) is 0 Å². The Morgan fingerprint density at radius 1 is 0.659 bits per heavy atom. The summed E-state index contributed by atoms with van der Waals surface area (Å²) >= 11 is 1.46.